The van der Waals surface area contributed by atoms with Crippen molar-refractivity contribution in [3.63, 3.8) is 0 Å². The molecule has 2 aliphatic carbocycles. The number of carboxylic acids is 1. The van der Waals surface area contributed by atoms with E-state index in [1.807, 2.05) is 0 Å². The third-order valence-electron chi connectivity index (χ3n) is 4.63. The Balaban J connectivity index is 1.74. The van der Waals surface area contributed by atoms with Gasteiger partial charge in [0.25, 0.3) is 0 Å². The topological polar surface area (TPSA) is 78.4 Å². The molecule has 2 fully saturated rings. The molecular weight excluding hydrogens is 244 g/mol. The van der Waals surface area contributed by atoms with Crippen molar-refractivity contribution in [1.82, 2.24) is 10.6 Å². The number of carboxylic acid groups (broad SMARTS) is 1. The third kappa shape index (κ3) is 3.39. The van der Waals surface area contributed by atoms with Crippen LogP contribution in [0.5, 0.6) is 0 Å². The largest absolute Gasteiger partial charge is 0.480 e. The molecule has 0 heterocycles. The number of hydrogen-bond donors (Lipinski definition) is 3. The summed E-state index contributed by atoms with van der Waals surface area (Å²) in [6.45, 7) is 4.25. The van der Waals surface area contributed by atoms with E-state index in [1.54, 1.807) is 13.8 Å². The van der Waals surface area contributed by atoms with E-state index in [4.69, 9.17) is 5.11 Å². The van der Waals surface area contributed by atoms with Crippen molar-refractivity contribution in [2.75, 3.05) is 6.54 Å². The molecule has 0 aliphatic heterocycles. The Bertz CT molecular complexity index is 357. The zero-order valence-electron chi connectivity index (χ0n) is 11.7. The molecule has 3 N–H and O–H groups in total. The van der Waals surface area contributed by atoms with Crippen LogP contribution in [0.4, 0.5) is 4.79 Å². The quantitative estimate of drug-likeness (QED) is 0.712. The molecule has 5 nitrogen and oxygen atoms in total. The van der Waals surface area contributed by atoms with E-state index in [1.165, 1.54) is 25.7 Å². The van der Waals surface area contributed by atoms with Gasteiger partial charge in [0.2, 0.25) is 0 Å². The van der Waals surface area contributed by atoms with Crippen LogP contribution in [0.25, 0.3) is 0 Å². The average molecular weight is 268 g/mol. The predicted octanol–water partition coefficient (Wildman–Crippen LogP) is 1.83. The second-order valence-corrected chi connectivity index (χ2v) is 6.35. The van der Waals surface area contributed by atoms with E-state index in [2.05, 4.69) is 10.6 Å². The lowest BCUT2D eigenvalue weighted by Gasteiger charge is -2.23. The maximum atomic E-state index is 11.7. The summed E-state index contributed by atoms with van der Waals surface area (Å²) < 4.78 is 0. The summed E-state index contributed by atoms with van der Waals surface area (Å²) in [6, 6.07) is -1.18. The summed E-state index contributed by atoms with van der Waals surface area (Å²) in [5.41, 5.74) is 0. The first-order chi connectivity index (χ1) is 8.97. The molecule has 0 aromatic carbocycles. The zero-order valence-corrected chi connectivity index (χ0v) is 11.7. The predicted molar refractivity (Wildman–Crippen MR) is 71.7 cm³/mol. The summed E-state index contributed by atoms with van der Waals surface area (Å²) in [6.07, 6.45) is 5.18. The van der Waals surface area contributed by atoms with Gasteiger partial charge in [0.15, 0.2) is 0 Å². The Morgan fingerprint density at radius 3 is 2.47 bits per heavy atom. The van der Waals surface area contributed by atoms with E-state index < -0.39 is 12.0 Å². The zero-order chi connectivity index (χ0) is 14.0. The Morgan fingerprint density at radius 2 is 2.00 bits per heavy atom. The third-order valence-corrected chi connectivity index (χ3v) is 4.63. The van der Waals surface area contributed by atoms with Crippen LogP contribution in [0, 0.1) is 23.7 Å². The first kappa shape index (κ1) is 14.2. The normalized spacial score (nSPS) is 30.4. The van der Waals surface area contributed by atoms with Crippen LogP contribution in [-0.4, -0.2) is 29.7 Å². The molecule has 108 valence electrons. The molecule has 2 bridgehead atoms. The lowest BCUT2D eigenvalue weighted by Crippen LogP contribution is -2.49. The van der Waals surface area contributed by atoms with E-state index in [-0.39, 0.29) is 11.9 Å². The maximum absolute atomic E-state index is 11.7. The minimum Gasteiger partial charge on any atom is -0.480 e. The van der Waals surface area contributed by atoms with E-state index >= 15 is 0 Å². The van der Waals surface area contributed by atoms with Gasteiger partial charge in [-0.25, -0.2) is 9.59 Å². The monoisotopic (exact) mass is 268 g/mol. The van der Waals surface area contributed by atoms with Gasteiger partial charge >= 0.3 is 12.0 Å². The van der Waals surface area contributed by atoms with Crippen molar-refractivity contribution in [3.8, 4) is 0 Å². The summed E-state index contributed by atoms with van der Waals surface area (Å²) in [4.78, 5) is 22.7. The van der Waals surface area contributed by atoms with Crippen LogP contribution in [0.3, 0.4) is 0 Å². The molecule has 2 aliphatic rings. The highest BCUT2D eigenvalue weighted by Crippen LogP contribution is 2.47. The van der Waals surface area contributed by atoms with Gasteiger partial charge in [-0.05, 0) is 42.9 Å². The number of urea groups is 1. The molecule has 2 rings (SSSR count). The van der Waals surface area contributed by atoms with Gasteiger partial charge in [-0.3, -0.25) is 0 Å². The Kier molecular flexibility index (Phi) is 4.32. The number of rotatable bonds is 5. The molecule has 0 spiro atoms. The number of aliphatic carboxylic acids is 1. The van der Waals surface area contributed by atoms with Crippen molar-refractivity contribution in [2.24, 2.45) is 23.7 Å². The van der Waals surface area contributed by atoms with E-state index in [9.17, 15) is 9.59 Å². The highest BCUT2D eigenvalue weighted by molar-refractivity contribution is 5.82. The molecule has 0 saturated heterocycles. The van der Waals surface area contributed by atoms with E-state index in [0.29, 0.717) is 12.5 Å². The molecule has 4 atom stereocenters. The van der Waals surface area contributed by atoms with Gasteiger partial charge in [-0.1, -0.05) is 20.3 Å². The lowest BCUT2D eigenvalue weighted by molar-refractivity contribution is -0.140. The van der Waals surface area contributed by atoms with Gasteiger partial charge in [-0.15, -0.1) is 0 Å². The number of amides is 2. The number of carbonyl (C=O) groups excluding carboxylic acids is 1. The van der Waals surface area contributed by atoms with Gasteiger partial charge in [-0.2, -0.15) is 0 Å². The Hall–Kier alpha value is -1.26. The van der Waals surface area contributed by atoms with Crippen LogP contribution < -0.4 is 10.6 Å². The number of fused-ring (bicyclic) bond motifs is 2. The summed E-state index contributed by atoms with van der Waals surface area (Å²) in [5, 5.41) is 14.4. The molecule has 19 heavy (non-hydrogen) atoms. The number of hydrogen-bond acceptors (Lipinski definition) is 2. The summed E-state index contributed by atoms with van der Waals surface area (Å²) >= 11 is 0. The molecular formula is C14H24N2O3. The SMILES string of the molecule is CC(C)[C@H](NC(=O)NCC1CC2CCC1C2)C(=O)O. The molecule has 2 amide bonds. The van der Waals surface area contributed by atoms with Crippen molar-refractivity contribution >= 4 is 12.0 Å². The fourth-order valence-electron chi connectivity index (χ4n) is 3.56. The van der Waals surface area contributed by atoms with Crippen molar-refractivity contribution < 1.29 is 14.7 Å². The second-order valence-electron chi connectivity index (χ2n) is 6.35. The molecule has 5 heteroatoms. The minimum absolute atomic E-state index is 0.120. The summed E-state index contributed by atoms with van der Waals surface area (Å²) in [7, 11) is 0. The van der Waals surface area contributed by atoms with Crippen LogP contribution >= 0.6 is 0 Å². The highest BCUT2D eigenvalue weighted by atomic mass is 16.4. The van der Waals surface area contributed by atoms with Crippen LogP contribution in [-0.2, 0) is 4.79 Å². The van der Waals surface area contributed by atoms with Crippen LogP contribution in [0.15, 0.2) is 0 Å². The first-order valence-corrected chi connectivity index (χ1v) is 7.24. The molecule has 2 saturated carbocycles. The van der Waals surface area contributed by atoms with Crippen molar-refractivity contribution in [2.45, 2.75) is 45.6 Å². The second kappa shape index (κ2) is 5.80. The molecule has 0 aromatic rings. The van der Waals surface area contributed by atoms with Crippen molar-refractivity contribution in [1.29, 1.82) is 0 Å². The number of nitrogens with one attached hydrogen (secondary N) is 2. The highest BCUT2D eigenvalue weighted by Gasteiger charge is 2.39. The van der Waals surface area contributed by atoms with E-state index in [0.717, 1.165) is 11.8 Å². The smallest absolute Gasteiger partial charge is 0.326 e. The van der Waals surface area contributed by atoms with Crippen molar-refractivity contribution in [3.05, 3.63) is 0 Å². The van der Waals surface area contributed by atoms with Gasteiger partial charge in [0.05, 0.1) is 0 Å². The number of carbonyl (C=O) groups is 2. The average Bonchev–Trinajstić information content (AvgIpc) is 2.94. The molecule has 3 unspecified atom stereocenters. The Morgan fingerprint density at radius 1 is 1.26 bits per heavy atom. The minimum atomic E-state index is -0.981. The standard InChI is InChI=1S/C14H24N2O3/c1-8(2)12(13(17)18)16-14(19)15-7-11-6-9-3-4-10(11)5-9/h8-12H,3-7H2,1-2H3,(H,17,18)(H2,15,16,19)/t9?,10?,11?,12-/m0/s1. The molecule has 0 radical (unpaired) electrons. The fraction of sp³-hybridized carbons (Fsp3) is 0.857. The lowest BCUT2D eigenvalue weighted by atomic mass is 9.89. The van der Waals surface area contributed by atoms with Crippen LogP contribution in [0.1, 0.15) is 39.5 Å². The van der Waals surface area contributed by atoms with Gasteiger partial charge in [0, 0.05) is 6.54 Å². The molecule has 0 aromatic heterocycles. The first-order valence-electron chi connectivity index (χ1n) is 7.24. The fourth-order valence-corrected chi connectivity index (χ4v) is 3.56. The summed E-state index contributed by atoms with van der Waals surface area (Å²) in [5.74, 6) is 1.12. The van der Waals surface area contributed by atoms with Crippen LogP contribution in [0.2, 0.25) is 0 Å². The van der Waals surface area contributed by atoms with Gasteiger partial charge < -0.3 is 15.7 Å². The van der Waals surface area contributed by atoms with Gasteiger partial charge in [0.1, 0.15) is 6.04 Å². The maximum Gasteiger partial charge on any atom is 0.326 e. The Labute approximate surface area is 114 Å².